The van der Waals surface area contributed by atoms with Gasteiger partial charge in [-0.05, 0) is 42.2 Å². The number of unbranched alkanes of at least 4 members (excludes halogenated alkanes) is 1. The zero-order valence-corrected chi connectivity index (χ0v) is 17.2. The van der Waals surface area contributed by atoms with Gasteiger partial charge in [0.25, 0.3) is 0 Å². The van der Waals surface area contributed by atoms with E-state index in [0.717, 1.165) is 18.8 Å². The minimum absolute atomic E-state index is 0.810. The first-order valence-electron chi connectivity index (χ1n) is 8.89. The summed E-state index contributed by atoms with van der Waals surface area (Å²) in [6, 6.07) is 14.5. The molecule has 3 rings (SSSR count). The predicted molar refractivity (Wildman–Crippen MR) is 109 cm³/mol. The Balaban J connectivity index is 0.000000252. The van der Waals surface area contributed by atoms with E-state index in [-0.39, 0.29) is 0 Å². The van der Waals surface area contributed by atoms with Crippen LogP contribution in [0.25, 0.3) is 10.8 Å². The van der Waals surface area contributed by atoms with Gasteiger partial charge in [0.05, 0.1) is 6.61 Å². The number of thioether (sulfide) groups is 1. The highest BCUT2D eigenvalue weighted by Gasteiger charge is 2.44. The van der Waals surface area contributed by atoms with Crippen LogP contribution in [0.2, 0.25) is 0 Å². The maximum Gasteiger partial charge on any atom is 0.522 e. The SMILES string of the molecule is C1CCSC1.CCCCOc1cccc2ccccc12.O=S(=O)(O)C(F)(F)F. The molecule has 0 radical (unpaired) electrons. The summed E-state index contributed by atoms with van der Waals surface area (Å²) in [7, 11) is -5.84. The van der Waals surface area contributed by atoms with Crippen molar-refractivity contribution < 1.29 is 30.9 Å². The minimum Gasteiger partial charge on any atom is -0.493 e. The van der Waals surface area contributed by atoms with Gasteiger partial charge in [-0.25, -0.2) is 0 Å². The number of fused-ring (bicyclic) bond motifs is 1. The van der Waals surface area contributed by atoms with Gasteiger partial charge in [-0.15, -0.1) is 0 Å². The van der Waals surface area contributed by atoms with Gasteiger partial charge in [-0.2, -0.15) is 33.4 Å². The monoisotopic (exact) mass is 438 g/mol. The Morgan fingerprint density at radius 2 is 1.64 bits per heavy atom. The second kappa shape index (κ2) is 12.2. The quantitative estimate of drug-likeness (QED) is 0.364. The van der Waals surface area contributed by atoms with E-state index in [9.17, 15) is 13.2 Å². The largest absolute Gasteiger partial charge is 0.522 e. The number of alkyl halides is 3. The molecule has 1 fully saturated rings. The number of rotatable bonds is 4. The van der Waals surface area contributed by atoms with Crippen LogP contribution in [0.1, 0.15) is 32.6 Å². The van der Waals surface area contributed by atoms with Gasteiger partial charge in [0, 0.05) is 5.39 Å². The molecule has 1 saturated heterocycles. The first kappa shape index (κ1) is 24.6. The second-order valence-corrected chi connectivity index (χ2v) is 8.56. The summed E-state index contributed by atoms with van der Waals surface area (Å²) in [4.78, 5) is 0. The van der Waals surface area contributed by atoms with Gasteiger partial charge in [0.1, 0.15) is 5.75 Å². The first-order valence-corrected chi connectivity index (χ1v) is 11.5. The Hall–Kier alpha value is -1.45. The third-order valence-electron chi connectivity index (χ3n) is 3.62. The van der Waals surface area contributed by atoms with E-state index in [1.165, 1.54) is 41.5 Å². The lowest BCUT2D eigenvalue weighted by Gasteiger charge is -2.08. The topological polar surface area (TPSA) is 63.6 Å². The Bertz CT molecular complexity index is 791. The Kier molecular flexibility index (Phi) is 10.7. The summed E-state index contributed by atoms with van der Waals surface area (Å²) in [6.45, 7) is 2.98. The average Bonchev–Trinajstić information content (AvgIpc) is 3.21. The molecule has 1 N–H and O–H groups in total. The van der Waals surface area contributed by atoms with E-state index in [1.807, 2.05) is 12.1 Å². The zero-order chi connectivity index (χ0) is 21.0. The maximum atomic E-state index is 10.7. The van der Waals surface area contributed by atoms with Crippen LogP contribution >= 0.6 is 11.8 Å². The summed E-state index contributed by atoms with van der Waals surface area (Å²) in [5, 5.41) is 2.45. The van der Waals surface area contributed by atoms with E-state index in [2.05, 4.69) is 49.0 Å². The third kappa shape index (κ3) is 9.16. The molecule has 9 heteroatoms. The van der Waals surface area contributed by atoms with Crippen LogP contribution in [0, 0.1) is 0 Å². The fourth-order valence-corrected chi connectivity index (χ4v) is 3.18. The maximum absolute atomic E-state index is 10.7. The number of ether oxygens (including phenoxy) is 1. The molecular formula is C19H25F3O4S2. The molecule has 0 amide bonds. The average molecular weight is 439 g/mol. The van der Waals surface area contributed by atoms with Crippen LogP contribution in [-0.4, -0.2) is 36.6 Å². The molecule has 0 bridgehead atoms. The zero-order valence-electron chi connectivity index (χ0n) is 15.6. The van der Waals surface area contributed by atoms with E-state index < -0.39 is 15.6 Å². The minimum atomic E-state index is -5.84. The van der Waals surface area contributed by atoms with E-state index in [4.69, 9.17) is 17.7 Å². The van der Waals surface area contributed by atoms with Crippen molar-refractivity contribution in [1.82, 2.24) is 0 Å². The molecule has 28 heavy (non-hydrogen) atoms. The Morgan fingerprint density at radius 1 is 1.07 bits per heavy atom. The van der Waals surface area contributed by atoms with E-state index >= 15 is 0 Å². The number of hydrogen-bond acceptors (Lipinski definition) is 4. The van der Waals surface area contributed by atoms with Crippen molar-refractivity contribution in [3.8, 4) is 5.75 Å². The molecule has 1 aliphatic heterocycles. The standard InChI is InChI=1S/C14H16O.C4H8S.CHF3O3S/c1-2-3-11-15-14-10-6-8-12-7-4-5-9-13(12)14;1-2-4-5-3-1;2-1(3,4)8(5,6)7/h4-10H,2-3,11H2,1H3;1-4H2;(H,5,6,7). The molecule has 4 nitrogen and oxygen atoms in total. The fourth-order valence-electron chi connectivity index (χ4n) is 2.16. The van der Waals surface area contributed by atoms with Crippen molar-refractivity contribution in [2.75, 3.05) is 18.1 Å². The molecule has 0 spiro atoms. The Labute approximate surface area is 168 Å². The molecule has 0 unspecified atom stereocenters. The summed E-state index contributed by atoms with van der Waals surface area (Å²) < 4.78 is 63.3. The van der Waals surface area contributed by atoms with Gasteiger partial charge in [0.15, 0.2) is 0 Å². The van der Waals surface area contributed by atoms with Gasteiger partial charge in [0.2, 0.25) is 0 Å². The molecule has 2 aromatic carbocycles. The van der Waals surface area contributed by atoms with Crippen LogP contribution in [0.5, 0.6) is 5.75 Å². The predicted octanol–water partition coefficient (Wildman–Crippen LogP) is 5.93. The van der Waals surface area contributed by atoms with Crippen LogP contribution in [0.3, 0.4) is 0 Å². The van der Waals surface area contributed by atoms with Crippen LogP contribution in [0.15, 0.2) is 42.5 Å². The van der Waals surface area contributed by atoms with Gasteiger partial charge >= 0.3 is 15.6 Å². The lowest BCUT2D eigenvalue weighted by Crippen LogP contribution is -2.21. The van der Waals surface area contributed by atoms with Gasteiger partial charge in [-0.3, -0.25) is 4.55 Å². The summed E-state index contributed by atoms with van der Waals surface area (Å²) in [5.74, 6) is 3.83. The highest BCUT2D eigenvalue weighted by molar-refractivity contribution is 7.99. The van der Waals surface area contributed by atoms with Crippen molar-refractivity contribution in [3.63, 3.8) is 0 Å². The lowest BCUT2D eigenvalue weighted by atomic mass is 10.1. The number of halogens is 3. The van der Waals surface area contributed by atoms with Crippen molar-refractivity contribution in [2.24, 2.45) is 0 Å². The molecule has 0 aromatic heterocycles. The first-order chi connectivity index (χ1) is 13.2. The second-order valence-electron chi connectivity index (χ2n) is 5.92. The molecule has 0 aliphatic carbocycles. The van der Waals surface area contributed by atoms with Crippen molar-refractivity contribution >= 4 is 32.7 Å². The Morgan fingerprint density at radius 3 is 2.14 bits per heavy atom. The highest BCUT2D eigenvalue weighted by atomic mass is 32.2. The van der Waals surface area contributed by atoms with Gasteiger partial charge < -0.3 is 4.74 Å². The lowest BCUT2D eigenvalue weighted by molar-refractivity contribution is -0.0510. The highest BCUT2D eigenvalue weighted by Crippen LogP contribution is 2.25. The van der Waals surface area contributed by atoms with E-state index in [0.29, 0.717) is 0 Å². The summed E-state index contributed by atoms with van der Waals surface area (Å²) >= 11 is 2.07. The fraction of sp³-hybridized carbons (Fsp3) is 0.474. The molecule has 2 aromatic rings. The smallest absolute Gasteiger partial charge is 0.493 e. The van der Waals surface area contributed by atoms with Crippen LogP contribution < -0.4 is 4.74 Å². The number of hydrogen-bond donors (Lipinski definition) is 1. The normalized spacial score (nSPS) is 13.9. The van der Waals surface area contributed by atoms with Crippen molar-refractivity contribution in [3.05, 3.63) is 42.5 Å². The molecular weight excluding hydrogens is 413 g/mol. The molecule has 0 atom stereocenters. The molecule has 0 saturated carbocycles. The van der Waals surface area contributed by atoms with Crippen LogP contribution in [-0.2, 0) is 10.1 Å². The van der Waals surface area contributed by atoms with Gasteiger partial charge in [-0.1, -0.05) is 49.7 Å². The van der Waals surface area contributed by atoms with Crippen LogP contribution in [0.4, 0.5) is 13.2 Å². The van der Waals surface area contributed by atoms with Crippen molar-refractivity contribution in [2.45, 2.75) is 38.1 Å². The summed E-state index contributed by atoms with van der Waals surface area (Å²) in [5.41, 5.74) is -5.53. The number of benzene rings is 2. The van der Waals surface area contributed by atoms with E-state index in [1.54, 1.807) is 0 Å². The summed E-state index contributed by atoms with van der Waals surface area (Å²) in [6.07, 6.45) is 5.21. The van der Waals surface area contributed by atoms with Crippen molar-refractivity contribution in [1.29, 1.82) is 0 Å². The third-order valence-corrected chi connectivity index (χ3v) is 5.36. The molecule has 1 aliphatic rings. The molecule has 158 valence electrons. The molecule has 1 heterocycles.